The second kappa shape index (κ2) is 67.2. The molecular formula is C92H144Br2I2LiN11O5PdS. The van der Waals surface area contributed by atoms with Crippen molar-refractivity contribution < 1.29 is 46.8 Å². The number of ether oxygens (including phenoxy) is 1. The summed E-state index contributed by atoms with van der Waals surface area (Å²) in [5.74, 6) is 6.12. The van der Waals surface area contributed by atoms with Crippen molar-refractivity contribution >= 4 is 128 Å². The first-order valence-corrected chi connectivity index (χ1v) is 48.5. The quantitative estimate of drug-likeness (QED) is 0.0455. The van der Waals surface area contributed by atoms with E-state index in [-0.39, 0.29) is 62.9 Å². The van der Waals surface area contributed by atoms with Crippen LogP contribution in [0.3, 0.4) is 0 Å². The number of aryl methyl sites for hydroxylation is 3. The third kappa shape index (κ3) is 43.3. The van der Waals surface area contributed by atoms with Crippen LogP contribution in [0, 0.1) is 42.6 Å². The third-order valence-electron chi connectivity index (χ3n) is 21.8. The number of halogens is 4. The van der Waals surface area contributed by atoms with E-state index in [4.69, 9.17) is 11.8 Å². The van der Waals surface area contributed by atoms with E-state index in [1.165, 1.54) is 171 Å². The zero-order valence-electron chi connectivity index (χ0n) is 73.7. The average molecular weight is 2040 g/mol. The number of hydrogen-bond acceptors (Lipinski definition) is 12. The Balaban J connectivity index is 0.000000670. The van der Waals surface area contributed by atoms with E-state index < -0.39 is 0 Å². The molecule has 0 spiro atoms. The molecule has 642 valence electrons. The minimum absolute atomic E-state index is 0. The van der Waals surface area contributed by atoms with Crippen LogP contribution in [0.15, 0.2) is 144 Å². The second-order valence-corrected chi connectivity index (χ2v) is 34.9. The van der Waals surface area contributed by atoms with E-state index in [2.05, 4.69) is 104 Å². The Morgan fingerprint density at radius 3 is 1.37 bits per heavy atom. The predicted molar refractivity (Wildman–Crippen MR) is 508 cm³/mol. The molecule has 6 saturated carbocycles. The van der Waals surface area contributed by atoms with Crippen molar-refractivity contribution in [1.82, 2.24) is 44.5 Å². The van der Waals surface area contributed by atoms with Crippen molar-refractivity contribution in [3.63, 3.8) is 0 Å². The minimum Gasteiger partial charge on any atom is -1.00 e. The maximum atomic E-state index is 12.3. The number of aromatic amines is 2. The van der Waals surface area contributed by atoms with Gasteiger partial charge in [-0.3, -0.25) is 19.2 Å². The smallest absolute Gasteiger partial charge is 1.00 e. The van der Waals surface area contributed by atoms with Gasteiger partial charge in [-0.1, -0.05) is 310 Å². The molecule has 7 fully saturated rings. The molecule has 3 aromatic carbocycles. The second-order valence-electron chi connectivity index (χ2n) is 29.8. The Morgan fingerprint density at radius 1 is 0.522 bits per heavy atom. The van der Waals surface area contributed by atoms with E-state index in [0.717, 1.165) is 136 Å². The Morgan fingerprint density at radius 2 is 0.965 bits per heavy atom. The molecule has 1 aliphatic heterocycles. The number of nitrogens with one attached hydrogen (secondary N) is 3. The van der Waals surface area contributed by atoms with E-state index >= 15 is 0 Å². The Kier molecular flexibility index (Phi) is 61.8. The molecule has 1 saturated heterocycles. The molecular weight excluding hydrogens is 1900 g/mol. The normalized spacial score (nSPS) is 17.0. The van der Waals surface area contributed by atoms with Crippen LogP contribution in [0.2, 0.25) is 0 Å². The standard InChI is InChI=1S/C18H22BrN3O.C13H13N3O.C12H17IN2O.2C12H22.C6H6BrN.C5H10OS.C4H3IN2O.C4H10.3C2H6.Li.Pd.H/c19-16-8-4-5-9-17(16)21-15-12-18(23)22(20-13-15)11-10-14-6-2-1-3-7-14;1-2-7-16-13(17)12-9-5-3-4-6-10(9)15-11(12)8-14-16;13-11-8-12(16)15(14-9-11)7-6-10-4-2-1-3-5-10;2*1-3-7-11(8-4-1)12-9-5-2-6-10-12;7-5-3-1-2-4-6(5)8;1-7-5-3-2-4-6-5;5-3-1-4(8)7-6-2-3;1-3-4-2;3*1-2;;;/h4-5,8-9,12-14,21H,1-3,6-7,10-11H2;3-6,8,15H,2,7H2,1H3;8-10H,1-7H2;2*11-12H,1-10H2;1-4H,8H2;5H,2-4H2,1H3;1-2H,(H,7,8);3-4H2,1-2H3;3*1-2H3;;;/q;;;;;;;;;;;;+1;;-1/i;;;;;;1D;;;;;;;;. The summed E-state index contributed by atoms with van der Waals surface area (Å²) >= 11 is 12.5. The van der Waals surface area contributed by atoms with Crippen LogP contribution in [0.1, 0.15) is 303 Å². The zero-order valence-corrected chi connectivity index (χ0v) is 81.6. The Bertz CT molecular complexity index is 3940. The first-order chi connectivity index (χ1) is 55.7. The number of para-hydroxylation sites is 3. The first-order valence-electron chi connectivity index (χ1n) is 44.4. The van der Waals surface area contributed by atoms with Crippen LogP contribution in [0.4, 0.5) is 17.1 Å². The van der Waals surface area contributed by atoms with Crippen molar-refractivity contribution in [3.8, 4) is 0 Å². The van der Waals surface area contributed by atoms with Gasteiger partial charge in [0, 0.05) is 98.9 Å². The van der Waals surface area contributed by atoms with E-state index in [0.29, 0.717) is 18.2 Å². The maximum absolute atomic E-state index is 12.3. The Hall–Kier alpha value is -3.43. The minimum atomic E-state index is -0.156. The summed E-state index contributed by atoms with van der Waals surface area (Å²) in [5, 5.41) is 23.4. The largest absolute Gasteiger partial charge is 1.00 e. The number of anilines is 3. The molecule has 1 atom stereocenters. The van der Waals surface area contributed by atoms with Crippen molar-refractivity contribution in [2.24, 2.45) is 35.5 Å². The van der Waals surface area contributed by atoms with Crippen molar-refractivity contribution in [2.75, 3.05) is 23.9 Å². The van der Waals surface area contributed by atoms with E-state index in [1.54, 1.807) is 109 Å². The average Bonchev–Trinajstić information content (AvgIpc) is 1.62. The number of thioether (sulfide) groups is 1. The third-order valence-corrected chi connectivity index (χ3v) is 25.1. The summed E-state index contributed by atoms with van der Waals surface area (Å²) in [6.07, 6.45) is 59.4. The maximum Gasteiger partial charge on any atom is 1.00 e. The summed E-state index contributed by atoms with van der Waals surface area (Å²) < 4.78 is 20.5. The number of rotatable bonds is 14. The molecule has 5 aromatic heterocycles. The van der Waals surface area contributed by atoms with Crippen LogP contribution in [-0.2, 0) is 44.8 Å². The molecule has 1 unspecified atom stereocenters. The molecule has 5 N–H and O–H groups in total. The molecule has 15 rings (SSSR count). The number of H-pyrrole nitrogens is 2. The fraction of sp³-hybridized carbons (Fsp3) is 0.630. The fourth-order valence-electron chi connectivity index (χ4n) is 15.6. The molecule has 16 nitrogen and oxygen atoms in total. The molecule has 7 aliphatic rings. The van der Waals surface area contributed by atoms with Gasteiger partial charge in [0.15, 0.2) is 0 Å². The van der Waals surface area contributed by atoms with Crippen LogP contribution >= 0.6 is 88.8 Å². The van der Waals surface area contributed by atoms with Crippen LogP contribution in [0.25, 0.3) is 21.8 Å². The van der Waals surface area contributed by atoms with Crippen LogP contribution in [0.5, 0.6) is 0 Å². The molecule has 6 heterocycles. The summed E-state index contributed by atoms with van der Waals surface area (Å²) in [4.78, 5) is 49.7. The van der Waals surface area contributed by atoms with Gasteiger partial charge in [-0.2, -0.15) is 20.4 Å². The number of nitrogen functional groups attached to an aromatic ring is 1. The number of hydrogen-bond donors (Lipinski definition) is 4. The topological polar surface area (TPSA) is 213 Å². The number of fused-ring (bicyclic) bond motifs is 3. The Labute approximate surface area is 769 Å². The van der Waals surface area contributed by atoms with E-state index in [9.17, 15) is 19.2 Å². The number of unbranched alkanes of at least 4 members (excludes halogenated alkanes) is 1. The summed E-state index contributed by atoms with van der Waals surface area (Å²) in [5.41, 5.74) is 9.85. The number of nitrogens with zero attached hydrogens (tertiary/aromatic N) is 7. The van der Waals surface area contributed by atoms with Gasteiger partial charge in [-0.05, 0) is 181 Å². The first kappa shape index (κ1) is 106. The molecule has 6 aliphatic carbocycles. The van der Waals surface area contributed by atoms with Gasteiger partial charge < -0.3 is 22.2 Å². The fourth-order valence-corrected chi connectivity index (χ4v) is 17.6. The van der Waals surface area contributed by atoms with E-state index in [1.807, 2.05) is 144 Å². The monoisotopic (exact) mass is 2040 g/mol. The van der Waals surface area contributed by atoms with Gasteiger partial charge in [-0.15, -0.1) is 11.8 Å². The number of aromatic nitrogens is 9. The zero-order chi connectivity index (χ0) is 82.9. The molecule has 0 amide bonds. The van der Waals surface area contributed by atoms with Gasteiger partial charge in [0.1, 0.15) is 5.44 Å². The van der Waals surface area contributed by atoms with Crippen LogP contribution in [-0.4, -0.2) is 62.8 Å². The van der Waals surface area contributed by atoms with Crippen molar-refractivity contribution in [2.45, 2.75) is 325 Å². The molecule has 8 aromatic rings. The molecule has 0 radical (unpaired) electrons. The van der Waals surface area contributed by atoms with Crippen molar-refractivity contribution in [1.29, 1.82) is 0 Å². The van der Waals surface area contributed by atoms with Crippen molar-refractivity contribution in [3.05, 3.63) is 173 Å². The van der Waals surface area contributed by atoms with Crippen LogP contribution < -0.4 is 52.1 Å². The summed E-state index contributed by atoms with van der Waals surface area (Å²) in [7, 11) is 0. The summed E-state index contributed by atoms with van der Waals surface area (Å²) in [6, 6.07) is 28.0. The number of benzene rings is 3. The predicted octanol–water partition coefficient (Wildman–Crippen LogP) is 24.0. The molecule has 23 heteroatoms. The number of nitrogens with two attached hydrogens (primary N) is 1. The van der Waals surface area contributed by atoms with Gasteiger partial charge in [0.2, 0.25) is 0 Å². The van der Waals surface area contributed by atoms with Gasteiger partial charge in [0.25, 0.3) is 22.2 Å². The molecule has 0 bridgehead atoms. The van der Waals surface area contributed by atoms with Gasteiger partial charge >= 0.3 is 18.9 Å². The SMILES string of the molecule is C1CCC(C2CCCCC2)CC1.C1CCC(C2CCCCC2)CC1.CC.CC.CC.CCCC.CCCn1ncc2[nH]c3ccccc3c2c1=O.Nc1ccccc1Br.O=c1cc(I)cn[nH]1.O=c1cc(I)cnn1CCC1CCCCC1.O=c1cc(Nc2ccccc2Br)cnn1CCC1CCCCC1.[2H]CSC1CCCO1.[H-].[Li+].[Pd]. The van der Waals surface area contributed by atoms with Gasteiger partial charge in [-0.25, -0.2) is 19.1 Å². The van der Waals surface area contributed by atoms with Gasteiger partial charge in [0.05, 0.1) is 47.1 Å². The summed E-state index contributed by atoms with van der Waals surface area (Å²) in [6.45, 7) is 21.5. The molecule has 115 heavy (non-hydrogen) atoms.